The highest BCUT2D eigenvalue weighted by Gasteiger charge is 2.15. The lowest BCUT2D eigenvalue weighted by Gasteiger charge is -2.06. The molecule has 0 radical (unpaired) electrons. The Morgan fingerprint density at radius 2 is 2.31 bits per heavy atom. The van der Waals surface area contributed by atoms with Gasteiger partial charge in [0.15, 0.2) is 6.20 Å². The molecule has 1 aromatic rings. The molecule has 0 saturated heterocycles. The maximum absolute atomic E-state index is 11.0. The number of aromatic carboxylic acids is 1. The molecule has 6 nitrogen and oxygen atoms in total. The second kappa shape index (κ2) is 5.92. The van der Waals surface area contributed by atoms with Gasteiger partial charge in [-0.05, 0) is 6.92 Å². The van der Waals surface area contributed by atoms with Gasteiger partial charge in [0, 0.05) is 12.7 Å². The standard InChI is InChI=1S/C10H13NO5/c1-2-15-5-6-16-8-3-4-11(14)9(7-8)10(12)13/h3-4,7H,2,5-6H2,1H3,(H,12,13). The Morgan fingerprint density at radius 3 is 2.94 bits per heavy atom. The third-order valence-corrected chi connectivity index (χ3v) is 1.81. The first-order valence-corrected chi connectivity index (χ1v) is 4.82. The van der Waals surface area contributed by atoms with Crippen LogP contribution >= 0.6 is 0 Å². The molecule has 1 heterocycles. The minimum absolute atomic E-state index is 0.276. The summed E-state index contributed by atoms with van der Waals surface area (Å²) in [5.74, 6) is -0.950. The number of aromatic nitrogens is 1. The fourth-order valence-corrected chi connectivity index (χ4v) is 1.08. The molecule has 0 aliphatic carbocycles. The van der Waals surface area contributed by atoms with E-state index in [0.29, 0.717) is 25.6 Å². The molecule has 6 heteroatoms. The van der Waals surface area contributed by atoms with Gasteiger partial charge in [0.1, 0.15) is 12.4 Å². The van der Waals surface area contributed by atoms with Crippen LogP contribution in [0.1, 0.15) is 17.4 Å². The maximum atomic E-state index is 11.0. The van der Waals surface area contributed by atoms with Gasteiger partial charge in [-0.3, -0.25) is 0 Å². The van der Waals surface area contributed by atoms with Crippen molar-refractivity contribution in [3.63, 3.8) is 0 Å². The second-order valence-corrected chi connectivity index (χ2v) is 2.92. The first kappa shape index (κ1) is 12.3. The highest BCUT2D eigenvalue weighted by Crippen LogP contribution is 2.09. The highest BCUT2D eigenvalue weighted by atomic mass is 16.5. The number of carboxylic acid groups (broad SMARTS) is 1. The zero-order chi connectivity index (χ0) is 12.0. The Bertz CT molecular complexity index is 366. The maximum Gasteiger partial charge on any atom is 0.402 e. The van der Waals surface area contributed by atoms with Crippen LogP contribution in [0.15, 0.2) is 18.3 Å². The molecule has 0 bridgehead atoms. The van der Waals surface area contributed by atoms with Crippen LogP contribution in [0.5, 0.6) is 5.75 Å². The number of nitrogens with zero attached hydrogens (tertiary/aromatic N) is 1. The van der Waals surface area contributed by atoms with Crippen molar-refractivity contribution < 1.29 is 24.1 Å². The first-order chi connectivity index (χ1) is 7.65. The number of carbonyl (C=O) groups is 1. The number of hydrogen-bond acceptors (Lipinski definition) is 4. The Kier molecular flexibility index (Phi) is 4.53. The van der Waals surface area contributed by atoms with Gasteiger partial charge < -0.3 is 19.8 Å². The summed E-state index contributed by atoms with van der Waals surface area (Å²) < 4.78 is 10.5. The average molecular weight is 227 g/mol. The summed E-state index contributed by atoms with van der Waals surface area (Å²) in [5, 5.41) is 19.7. The molecule has 0 aliphatic heterocycles. The predicted octanol–water partition coefficient (Wildman–Crippen LogP) is 0.434. The van der Waals surface area contributed by atoms with Crippen LogP contribution in [-0.2, 0) is 4.74 Å². The van der Waals surface area contributed by atoms with Crippen molar-refractivity contribution in [1.29, 1.82) is 0 Å². The van der Waals surface area contributed by atoms with E-state index in [-0.39, 0.29) is 10.4 Å². The summed E-state index contributed by atoms with van der Waals surface area (Å²) in [6, 6.07) is 2.59. The number of pyridine rings is 1. The van der Waals surface area contributed by atoms with Crippen molar-refractivity contribution in [3.05, 3.63) is 29.2 Å². The van der Waals surface area contributed by atoms with Gasteiger partial charge >= 0.3 is 11.7 Å². The topological polar surface area (TPSA) is 82.7 Å². The zero-order valence-electron chi connectivity index (χ0n) is 8.88. The fraction of sp³-hybridized carbons (Fsp3) is 0.400. The van der Waals surface area contributed by atoms with Gasteiger partial charge in [0.2, 0.25) is 0 Å². The molecule has 16 heavy (non-hydrogen) atoms. The van der Waals surface area contributed by atoms with Crippen molar-refractivity contribution >= 4 is 5.97 Å². The molecular formula is C10H13NO5. The lowest BCUT2D eigenvalue weighted by molar-refractivity contribution is -0.608. The molecule has 1 N–H and O–H groups in total. The van der Waals surface area contributed by atoms with E-state index in [1.54, 1.807) is 0 Å². The van der Waals surface area contributed by atoms with Crippen molar-refractivity contribution in [2.75, 3.05) is 19.8 Å². The molecule has 0 spiro atoms. The molecule has 88 valence electrons. The molecule has 0 fully saturated rings. The van der Waals surface area contributed by atoms with Gasteiger partial charge in [-0.15, -0.1) is 0 Å². The third-order valence-electron chi connectivity index (χ3n) is 1.81. The minimum Gasteiger partial charge on any atom is -0.618 e. The Hall–Kier alpha value is -1.82. The largest absolute Gasteiger partial charge is 0.618 e. The summed E-state index contributed by atoms with van der Waals surface area (Å²) in [4.78, 5) is 10.6. The number of rotatable bonds is 6. The second-order valence-electron chi connectivity index (χ2n) is 2.92. The van der Waals surface area contributed by atoms with Crippen molar-refractivity contribution in [3.8, 4) is 5.75 Å². The van der Waals surface area contributed by atoms with Crippen LogP contribution in [-0.4, -0.2) is 30.9 Å². The lowest BCUT2D eigenvalue weighted by Crippen LogP contribution is -2.33. The Morgan fingerprint density at radius 1 is 1.56 bits per heavy atom. The van der Waals surface area contributed by atoms with Crippen molar-refractivity contribution in [1.82, 2.24) is 0 Å². The highest BCUT2D eigenvalue weighted by molar-refractivity contribution is 5.84. The summed E-state index contributed by atoms with van der Waals surface area (Å²) >= 11 is 0. The first-order valence-electron chi connectivity index (χ1n) is 4.82. The fourth-order valence-electron chi connectivity index (χ4n) is 1.08. The summed E-state index contributed by atoms with van der Waals surface area (Å²) in [6.45, 7) is 3.20. The molecule has 1 aromatic heterocycles. The van der Waals surface area contributed by atoms with E-state index < -0.39 is 5.97 Å². The van der Waals surface area contributed by atoms with E-state index in [1.165, 1.54) is 12.1 Å². The van der Waals surface area contributed by atoms with E-state index in [4.69, 9.17) is 14.6 Å². The smallest absolute Gasteiger partial charge is 0.402 e. The van der Waals surface area contributed by atoms with E-state index >= 15 is 0 Å². The summed E-state index contributed by atoms with van der Waals surface area (Å²) in [6.07, 6.45) is 1.10. The molecule has 0 amide bonds. The molecular weight excluding hydrogens is 214 g/mol. The third kappa shape index (κ3) is 3.39. The van der Waals surface area contributed by atoms with Crippen LogP contribution in [0.25, 0.3) is 0 Å². The van der Waals surface area contributed by atoms with Crippen LogP contribution in [0.3, 0.4) is 0 Å². The zero-order valence-corrected chi connectivity index (χ0v) is 8.88. The number of carboxylic acids is 1. The van der Waals surface area contributed by atoms with Gasteiger partial charge in [0.25, 0.3) is 0 Å². The average Bonchev–Trinajstić information content (AvgIpc) is 2.26. The Labute approximate surface area is 92.6 Å². The molecule has 0 unspecified atom stereocenters. The van der Waals surface area contributed by atoms with Crippen LogP contribution in [0, 0.1) is 5.21 Å². The van der Waals surface area contributed by atoms with Gasteiger partial charge in [-0.1, -0.05) is 0 Å². The molecule has 1 rings (SSSR count). The quantitative estimate of drug-likeness (QED) is 0.433. The van der Waals surface area contributed by atoms with Gasteiger partial charge in [-0.25, -0.2) is 4.79 Å². The van der Waals surface area contributed by atoms with Crippen LogP contribution < -0.4 is 9.47 Å². The van der Waals surface area contributed by atoms with Gasteiger partial charge in [-0.2, -0.15) is 4.73 Å². The monoisotopic (exact) mass is 227 g/mol. The van der Waals surface area contributed by atoms with Crippen molar-refractivity contribution in [2.24, 2.45) is 0 Å². The summed E-state index contributed by atoms with van der Waals surface area (Å²) in [5.41, 5.74) is -0.367. The number of ether oxygens (including phenoxy) is 2. The van der Waals surface area contributed by atoms with Crippen LogP contribution in [0.4, 0.5) is 0 Å². The minimum atomic E-state index is -1.29. The normalized spacial score (nSPS) is 10.1. The predicted molar refractivity (Wildman–Crippen MR) is 54.3 cm³/mol. The van der Waals surface area contributed by atoms with Crippen molar-refractivity contribution in [2.45, 2.75) is 6.92 Å². The summed E-state index contributed by atoms with van der Waals surface area (Å²) in [7, 11) is 0. The SMILES string of the molecule is CCOCCOc1cc[n+]([O-])c(C(=O)O)c1. The molecule has 0 aliphatic rings. The van der Waals surface area contributed by atoms with Crippen LogP contribution in [0.2, 0.25) is 0 Å². The van der Waals surface area contributed by atoms with E-state index in [9.17, 15) is 10.0 Å². The number of hydrogen-bond donors (Lipinski definition) is 1. The molecule has 0 saturated carbocycles. The van der Waals surface area contributed by atoms with E-state index in [2.05, 4.69) is 0 Å². The van der Waals surface area contributed by atoms with E-state index in [0.717, 1.165) is 6.20 Å². The van der Waals surface area contributed by atoms with Gasteiger partial charge in [0.05, 0.1) is 12.7 Å². The lowest BCUT2D eigenvalue weighted by atomic mass is 10.3. The Balaban J connectivity index is 2.61. The molecule has 0 aromatic carbocycles. The molecule has 0 atom stereocenters. The van der Waals surface area contributed by atoms with E-state index in [1.807, 2.05) is 6.92 Å².